The highest BCUT2D eigenvalue weighted by atomic mass is 16.5. The molecule has 4 heteroatoms. The minimum absolute atomic E-state index is 0.0923. The highest BCUT2D eigenvalue weighted by Crippen LogP contribution is 1.88. The topological polar surface area (TPSA) is 42.8 Å². The Labute approximate surface area is 85.6 Å². The van der Waals surface area contributed by atoms with Gasteiger partial charge in [-0.2, -0.15) is 0 Å². The van der Waals surface area contributed by atoms with E-state index in [0.717, 1.165) is 39.4 Å². The van der Waals surface area contributed by atoms with Crippen molar-refractivity contribution >= 4 is 5.91 Å². The zero-order chi connectivity index (χ0) is 10.4. The number of ether oxygens (including phenoxy) is 1. The Kier molecular flexibility index (Phi) is 4.90. The minimum Gasteiger partial charge on any atom is -0.370 e. The van der Waals surface area contributed by atoms with Gasteiger partial charge < -0.3 is 15.0 Å². The first kappa shape index (κ1) is 11.5. The molecule has 0 bridgehead atoms. The van der Waals surface area contributed by atoms with Crippen LogP contribution >= 0.6 is 0 Å². The zero-order valence-electron chi connectivity index (χ0n) is 9.14. The Hall–Kier alpha value is -0.610. The van der Waals surface area contributed by atoms with Crippen molar-refractivity contribution in [3.63, 3.8) is 0 Å². The smallest absolute Gasteiger partial charge is 0.222 e. The molecule has 0 aromatic heterocycles. The third-order valence-corrected chi connectivity index (χ3v) is 2.50. The molecule has 0 radical (unpaired) electrons. The summed E-state index contributed by atoms with van der Waals surface area (Å²) in [4.78, 5) is 12.8. The Bertz CT molecular complexity index is 177. The third kappa shape index (κ3) is 4.07. The van der Waals surface area contributed by atoms with Gasteiger partial charge in [0.2, 0.25) is 5.91 Å². The van der Waals surface area contributed by atoms with Gasteiger partial charge in [-0.05, 0) is 0 Å². The van der Waals surface area contributed by atoms with Crippen LogP contribution in [0.1, 0.15) is 13.8 Å². The summed E-state index contributed by atoms with van der Waals surface area (Å²) in [5, 5.41) is 2.93. The van der Waals surface area contributed by atoms with Crippen LogP contribution < -0.4 is 10.2 Å². The monoisotopic (exact) mass is 201 g/mol. The molecule has 82 valence electrons. The van der Waals surface area contributed by atoms with Gasteiger partial charge in [0.1, 0.15) is 13.1 Å². The number of rotatable bonds is 4. The predicted octanol–water partition coefficient (Wildman–Crippen LogP) is -1.33. The lowest BCUT2D eigenvalue weighted by Gasteiger charge is -2.23. The molecule has 0 aliphatic carbocycles. The molecular formula is C10H21N2O2+. The molecule has 0 atom stereocenters. The molecule has 1 rings (SSSR count). The van der Waals surface area contributed by atoms with E-state index in [9.17, 15) is 4.79 Å². The second kappa shape index (κ2) is 5.98. The number of morpholine rings is 1. The molecule has 4 nitrogen and oxygen atoms in total. The molecule has 0 unspecified atom stereocenters. The molecule has 1 fully saturated rings. The van der Waals surface area contributed by atoms with Crippen LogP contribution in [0.4, 0.5) is 0 Å². The van der Waals surface area contributed by atoms with Crippen LogP contribution in [0.3, 0.4) is 0 Å². The Balaban J connectivity index is 2.05. The first-order chi connectivity index (χ1) is 6.70. The molecule has 0 aromatic carbocycles. The normalized spacial score (nSPS) is 18.5. The highest BCUT2D eigenvalue weighted by molar-refractivity contribution is 5.77. The fourth-order valence-corrected chi connectivity index (χ4v) is 1.48. The quantitative estimate of drug-likeness (QED) is 0.592. The summed E-state index contributed by atoms with van der Waals surface area (Å²) in [5.74, 6) is 0.243. The van der Waals surface area contributed by atoms with Crippen molar-refractivity contribution in [2.75, 3.05) is 39.4 Å². The SMILES string of the molecule is CC(C)C(=O)NCC[NH+]1CCOCC1. The van der Waals surface area contributed by atoms with Crippen LogP contribution in [-0.2, 0) is 9.53 Å². The molecule has 1 amide bonds. The number of amides is 1. The first-order valence-corrected chi connectivity index (χ1v) is 5.39. The molecule has 1 saturated heterocycles. The maximum atomic E-state index is 11.2. The molecule has 1 aliphatic rings. The van der Waals surface area contributed by atoms with E-state index in [0.29, 0.717) is 0 Å². The van der Waals surface area contributed by atoms with Crippen molar-refractivity contribution < 1.29 is 14.4 Å². The lowest BCUT2D eigenvalue weighted by atomic mass is 10.2. The van der Waals surface area contributed by atoms with Gasteiger partial charge in [0.15, 0.2) is 0 Å². The van der Waals surface area contributed by atoms with E-state index in [4.69, 9.17) is 4.74 Å². The molecule has 2 N–H and O–H groups in total. The van der Waals surface area contributed by atoms with Crippen LogP contribution in [0, 0.1) is 5.92 Å². The Morgan fingerprint density at radius 3 is 2.64 bits per heavy atom. The number of carbonyl (C=O) groups is 1. The van der Waals surface area contributed by atoms with Crippen molar-refractivity contribution in [2.45, 2.75) is 13.8 Å². The van der Waals surface area contributed by atoms with Crippen molar-refractivity contribution in [2.24, 2.45) is 5.92 Å². The lowest BCUT2D eigenvalue weighted by molar-refractivity contribution is -0.906. The summed E-state index contributed by atoms with van der Waals surface area (Å²) in [6.07, 6.45) is 0. The average molecular weight is 201 g/mol. The van der Waals surface area contributed by atoms with E-state index >= 15 is 0 Å². The summed E-state index contributed by atoms with van der Waals surface area (Å²) in [5.41, 5.74) is 0. The van der Waals surface area contributed by atoms with Gasteiger partial charge in [0.05, 0.1) is 26.3 Å². The zero-order valence-corrected chi connectivity index (χ0v) is 9.14. The van der Waals surface area contributed by atoms with Crippen LogP contribution in [0.5, 0.6) is 0 Å². The number of nitrogens with one attached hydrogen (secondary N) is 2. The van der Waals surface area contributed by atoms with Crippen molar-refractivity contribution in [3.8, 4) is 0 Å². The third-order valence-electron chi connectivity index (χ3n) is 2.50. The maximum absolute atomic E-state index is 11.2. The predicted molar refractivity (Wildman–Crippen MR) is 54.2 cm³/mol. The number of quaternary nitrogens is 1. The van der Waals surface area contributed by atoms with E-state index in [-0.39, 0.29) is 11.8 Å². The van der Waals surface area contributed by atoms with Crippen molar-refractivity contribution in [1.29, 1.82) is 0 Å². The summed E-state index contributed by atoms with van der Waals surface area (Å²) >= 11 is 0. The van der Waals surface area contributed by atoms with Gasteiger partial charge in [-0.15, -0.1) is 0 Å². The second-order valence-electron chi connectivity index (χ2n) is 4.06. The van der Waals surface area contributed by atoms with Crippen LogP contribution in [0.25, 0.3) is 0 Å². The maximum Gasteiger partial charge on any atom is 0.222 e. The second-order valence-corrected chi connectivity index (χ2v) is 4.06. The van der Waals surface area contributed by atoms with Gasteiger partial charge >= 0.3 is 0 Å². The lowest BCUT2D eigenvalue weighted by Crippen LogP contribution is -3.14. The largest absolute Gasteiger partial charge is 0.370 e. The van der Waals surface area contributed by atoms with Gasteiger partial charge in [-0.25, -0.2) is 0 Å². The van der Waals surface area contributed by atoms with E-state index in [1.165, 1.54) is 4.90 Å². The van der Waals surface area contributed by atoms with Crippen LogP contribution in [0.2, 0.25) is 0 Å². The average Bonchev–Trinajstić information content (AvgIpc) is 2.19. The molecule has 14 heavy (non-hydrogen) atoms. The Morgan fingerprint density at radius 1 is 1.43 bits per heavy atom. The Morgan fingerprint density at radius 2 is 2.07 bits per heavy atom. The first-order valence-electron chi connectivity index (χ1n) is 5.39. The summed E-state index contributed by atoms with van der Waals surface area (Å²) in [6, 6.07) is 0. The fraction of sp³-hybridized carbons (Fsp3) is 0.900. The highest BCUT2D eigenvalue weighted by Gasteiger charge is 2.13. The van der Waals surface area contributed by atoms with Gasteiger partial charge in [0, 0.05) is 5.92 Å². The van der Waals surface area contributed by atoms with Gasteiger partial charge in [-0.1, -0.05) is 13.8 Å². The number of carbonyl (C=O) groups excluding carboxylic acids is 1. The molecule has 0 aromatic rings. The number of hydrogen-bond donors (Lipinski definition) is 2. The standard InChI is InChI=1S/C10H20N2O2/c1-9(2)10(13)11-3-4-12-5-7-14-8-6-12/h9H,3-8H2,1-2H3,(H,11,13)/p+1. The summed E-state index contributed by atoms with van der Waals surface area (Å²) in [6.45, 7) is 9.47. The van der Waals surface area contributed by atoms with Crippen LogP contribution in [-0.4, -0.2) is 45.3 Å². The minimum atomic E-state index is 0.0923. The number of hydrogen-bond acceptors (Lipinski definition) is 2. The molecule has 0 saturated carbocycles. The van der Waals surface area contributed by atoms with Gasteiger partial charge in [-0.3, -0.25) is 4.79 Å². The molecular weight excluding hydrogens is 180 g/mol. The van der Waals surface area contributed by atoms with Crippen LogP contribution in [0.15, 0.2) is 0 Å². The van der Waals surface area contributed by atoms with E-state index < -0.39 is 0 Å². The van der Waals surface area contributed by atoms with Gasteiger partial charge in [0.25, 0.3) is 0 Å². The van der Waals surface area contributed by atoms with Crippen molar-refractivity contribution in [1.82, 2.24) is 5.32 Å². The van der Waals surface area contributed by atoms with E-state index in [2.05, 4.69) is 5.32 Å². The summed E-state index contributed by atoms with van der Waals surface area (Å²) in [7, 11) is 0. The molecule has 1 aliphatic heterocycles. The van der Waals surface area contributed by atoms with Crippen molar-refractivity contribution in [3.05, 3.63) is 0 Å². The molecule has 1 heterocycles. The van der Waals surface area contributed by atoms with E-state index in [1.54, 1.807) is 0 Å². The fourth-order valence-electron chi connectivity index (χ4n) is 1.48. The van der Waals surface area contributed by atoms with E-state index in [1.807, 2.05) is 13.8 Å². The molecule has 0 spiro atoms. The summed E-state index contributed by atoms with van der Waals surface area (Å²) < 4.78 is 5.26.